The van der Waals surface area contributed by atoms with Crippen LogP contribution in [0.2, 0.25) is 0 Å². The summed E-state index contributed by atoms with van der Waals surface area (Å²) in [6.45, 7) is 1.41. The van der Waals surface area contributed by atoms with E-state index in [0.29, 0.717) is 16.6 Å². The molecule has 11 heteroatoms. The van der Waals surface area contributed by atoms with Gasteiger partial charge in [-0.05, 0) is 43.3 Å². The van der Waals surface area contributed by atoms with Crippen LogP contribution in [0.25, 0.3) is 17.0 Å². The van der Waals surface area contributed by atoms with Gasteiger partial charge in [0, 0.05) is 22.9 Å². The molecule has 0 aliphatic carbocycles. The molecule has 0 spiro atoms. The summed E-state index contributed by atoms with van der Waals surface area (Å²) in [5, 5.41) is 16.3. The van der Waals surface area contributed by atoms with Crippen molar-refractivity contribution in [3.8, 4) is 0 Å². The number of carboxylic acids is 1. The predicted octanol–water partition coefficient (Wildman–Crippen LogP) is 2.26. The molecule has 0 saturated heterocycles. The van der Waals surface area contributed by atoms with Crippen LogP contribution < -0.4 is 4.72 Å². The number of nitrogens with one attached hydrogen (secondary N) is 2. The number of hydrogen-bond donors (Lipinski definition) is 3. The summed E-state index contributed by atoms with van der Waals surface area (Å²) in [4.78, 5) is 10.4. The Morgan fingerprint density at radius 1 is 1.10 bits per heavy atom. The maximum Gasteiger partial charge on any atom is 0.331 e. The summed E-state index contributed by atoms with van der Waals surface area (Å²) in [7, 11) is -7.96. The van der Waals surface area contributed by atoms with Gasteiger partial charge in [0.15, 0.2) is 9.84 Å². The van der Waals surface area contributed by atoms with Gasteiger partial charge in [-0.25, -0.2) is 21.6 Å². The third kappa shape index (κ3) is 4.30. The number of nitrogens with zero attached hydrogens (tertiary/aromatic N) is 1. The lowest BCUT2D eigenvalue weighted by Gasteiger charge is -2.11. The maximum atomic E-state index is 12.8. The molecule has 0 aliphatic rings. The molecule has 29 heavy (non-hydrogen) atoms. The summed E-state index contributed by atoms with van der Waals surface area (Å²) in [6.07, 6.45) is 2.29. The molecule has 0 bridgehead atoms. The van der Waals surface area contributed by atoms with Crippen LogP contribution in [0.4, 0.5) is 5.69 Å². The van der Waals surface area contributed by atoms with Crippen molar-refractivity contribution >= 4 is 48.5 Å². The number of sulfonamides is 1. The topological polar surface area (TPSA) is 146 Å². The van der Waals surface area contributed by atoms with Crippen LogP contribution >= 0.6 is 0 Å². The average molecular weight is 435 g/mol. The molecule has 0 saturated carbocycles. The van der Waals surface area contributed by atoms with Crippen molar-refractivity contribution in [3.63, 3.8) is 0 Å². The Kier molecular flexibility index (Phi) is 5.20. The normalized spacial score (nSPS) is 12.8. The smallest absolute Gasteiger partial charge is 0.331 e. The molecule has 3 N–H and O–H groups in total. The first-order valence-corrected chi connectivity index (χ1v) is 11.6. The Hall–Kier alpha value is -3.18. The van der Waals surface area contributed by atoms with Crippen molar-refractivity contribution in [2.45, 2.75) is 16.7 Å². The van der Waals surface area contributed by atoms with E-state index in [0.717, 1.165) is 6.26 Å². The van der Waals surface area contributed by atoms with Crippen molar-refractivity contribution in [2.24, 2.45) is 0 Å². The molecule has 1 heterocycles. The van der Waals surface area contributed by atoms with Crippen molar-refractivity contribution in [2.75, 3.05) is 11.0 Å². The molecule has 0 unspecified atom stereocenters. The van der Waals surface area contributed by atoms with E-state index in [4.69, 9.17) is 5.11 Å². The molecule has 1 aromatic heterocycles. The lowest BCUT2D eigenvalue weighted by atomic mass is 10.1. The van der Waals surface area contributed by atoms with E-state index in [1.165, 1.54) is 49.4 Å². The van der Waals surface area contributed by atoms with Crippen LogP contribution in [0.15, 0.2) is 57.8 Å². The van der Waals surface area contributed by atoms with Gasteiger partial charge in [0.1, 0.15) is 4.90 Å². The van der Waals surface area contributed by atoms with Crippen LogP contribution in [-0.4, -0.2) is 44.4 Å². The lowest BCUT2D eigenvalue weighted by Crippen LogP contribution is -2.16. The molecule has 0 amide bonds. The highest BCUT2D eigenvalue weighted by molar-refractivity contribution is 7.95. The number of hydrogen-bond acceptors (Lipinski definition) is 6. The van der Waals surface area contributed by atoms with E-state index in [2.05, 4.69) is 14.9 Å². The molecule has 9 nitrogen and oxygen atoms in total. The number of rotatable bonds is 6. The standard InChI is InChI=1S/C18H17N3O6S2/c1-11(18(22)23)9-15-13-10-12(7-8-14(13)19-20-15)21-29(26,27)17-6-4-3-5-16(17)28(2,24)25/h3-10,21H,1-2H3,(H,19,20)(H,22,23). The average Bonchev–Trinajstić information content (AvgIpc) is 3.03. The van der Waals surface area contributed by atoms with E-state index in [9.17, 15) is 21.6 Å². The molecule has 3 rings (SSSR count). The Balaban J connectivity index is 2.05. The Bertz CT molecular complexity index is 1360. The Morgan fingerprint density at radius 2 is 1.76 bits per heavy atom. The zero-order valence-electron chi connectivity index (χ0n) is 15.4. The molecule has 0 fully saturated rings. The Labute approximate surface area is 167 Å². The quantitative estimate of drug-likeness (QED) is 0.503. The third-order valence-electron chi connectivity index (χ3n) is 4.07. The van der Waals surface area contributed by atoms with Gasteiger partial charge in [-0.2, -0.15) is 5.10 Å². The number of carboxylic acid groups (broad SMARTS) is 1. The number of fused-ring (bicyclic) bond motifs is 1. The van der Waals surface area contributed by atoms with Crippen LogP contribution in [0.1, 0.15) is 12.6 Å². The minimum absolute atomic E-state index is 0.0615. The fourth-order valence-corrected chi connectivity index (χ4v) is 5.34. The van der Waals surface area contributed by atoms with Gasteiger partial charge in [-0.3, -0.25) is 9.82 Å². The first-order chi connectivity index (χ1) is 13.5. The molecule has 152 valence electrons. The third-order valence-corrected chi connectivity index (χ3v) is 6.80. The molecular weight excluding hydrogens is 418 g/mol. The fraction of sp³-hybridized carbons (Fsp3) is 0.111. The summed E-state index contributed by atoms with van der Waals surface area (Å²) < 4.78 is 51.8. The van der Waals surface area contributed by atoms with E-state index >= 15 is 0 Å². The summed E-state index contributed by atoms with van der Waals surface area (Å²) >= 11 is 0. The van der Waals surface area contributed by atoms with Crippen molar-refractivity contribution < 1.29 is 26.7 Å². The van der Waals surface area contributed by atoms with Gasteiger partial charge in [-0.15, -0.1) is 0 Å². The second-order valence-electron chi connectivity index (χ2n) is 6.33. The van der Waals surface area contributed by atoms with Gasteiger partial charge < -0.3 is 5.11 Å². The van der Waals surface area contributed by atoms with Gasteiger partial charge in [0.25, 0.3) is 10.0 Å². The molecule has 0 atom stereocenters. The molecular formula is C18H17N3O6S2. The number of aliphatic carboxylic acids is 1. The van der Waals surface area contributed by atoms with Crippen LogP contribution in [0.3, 0.4) is 0 Å². The number of carbonyl (C=O) groups is 1. The molecule has 0 aliphatic heterocycles. The zero-order chi connectivity index (χ0) is 21.4. The number of benzene rings is 2. The fourth-order valence-electron chi connectivity index (χ4n) is 2.66. The number of aromatic amines is 1. The highest BCUT2D eigenvalue weighted by atomic mass is 32.2. The number of sulfone groups is 1. The van der Waals surface area contributed by atoms with Crippen molar-refractivity contribution in [1.29, 1.82) is 0 Å². The van der Waals surface area contributed by atoms with Crippen LogP contribution in [-0.2, 0) is 24.7 Å². The lowest BCUT2D eigenvalue weighted by molar-refractivity contribution is -0.132. The number of aromatic nitrogens is 2. The Morgan fingerprint density at radius 3 is 2.38 bits per heavy atom. The van der Waals surface area contributed by atoms with Crippen LogP contribution in [0.5, 0.6) is 0 Å². The van der Waals surface area contributed by atoms with Gasteiger partial charge in [0.05, 0.1) is 16.1 Å². The highest BCUT2D eigenvalue weighted by Gasteiger charge is 2.23. The summed E-state index contributed by atoms with van der Waals surface area (Å²) in [5.41, 5.74) is 1.14. The minimum atomic E-state index is -4.20. The molecule has 0 radical (unpaired) electrons. The maximum absolute atomic E-state index is 12.8. The van der Waals surface area contributed by atoms with E-state index in [1.54, 1.807) is 6.07 Å². The predicted molar refractivity (Wildman–Crippen MR) is 108 cm³/mol. The van der Waals surface area contributed by atoms with E-state index < -0.39 is 25.8 Å². The van der Waals surface area contributed by atoms with Crippen LogP contribution in [0, 0.1) is 0 Å². The first-order valence-electron chi connectivity index (χ1n) is 8.20. The van der Waals surface area contributed by atoms with Gasteiger partial charge >= 0.3 is 5.97 Å². The first kappa shape index (κ1) is 20.6. The number of H-pyrrole nitrogens is 1. The summed E-state index contributed by atoms with van der Waals surface area (Å²) in [5.74, 6) is -1.10. The van der Waals surface area contributed by atoms with Crippen molar-refractivity contribution in [1.82, 2.24) is 10.2 Å². The number of anilines is 1. The zero-order valence-corrected chi connectivity index (χ0v) is 17.0. The highest BCUT2D eigenvalue weighted by Crippen LogP contribution is 2.26. The van der Waals surface area contributed by atoms with Crippen molar-refractivity contribution in [3.05, 3.63) is 53.7 Å². The second kappa shape index (κ2) is 7.33. The van der Waals surface area contributed by atoms with E-state index in [1.807, 2.05) is 0 Å². The van der Waals surface area contributed by atoms with E-state index in [-0.39, 0.29) is 21.1 Å². The second-order valence-corrected chi connectivity index (χ2v) is 9.96. The largest absolute Gasteiger partial charge is 0.478 e. The summed E-state index contributed by atoms with van der Waals surface area (Å²) in [6, 6.07) is 9.85. The monoisotopic (exact) mass is 435 g/mol. The van der Waals surface area contributed by atoms with Gasteiger partial charge in [0.2, 0.25) is 0 Å². The van der Waals surface area contributed by atoms with Gasteiger partial charge in [-0.1, -0.05) is 12.1 Å². The minimum Gasteiger partial charge on any atom is -0.478 e. The molecule has 2 aromatic carbocycles. The molecule has 3 aromatic rings. The SMILES string of the molecule is CC(=Cc1n[nH]c2ccc(NS(=O)(=O)c3ccccc3S(C)(=O)=O)cc12)C(=O)O.